The maximum Gasteiger partial charge on any atom is 0.181 e. The molecule has 0 radical (unpaired) electrons. The summed E-state index contributed by atoms with van der Waals surface area (Å²) < 4.78 is 5.33. The molecule has 0 fully saturated rings. The molecule has 0 spiro atoms. The lowest BCUT2D eigenvalue weighted by Gasteiger charge is -2.14. The SMILES string of the molecule is CC(C)CC(CN)c1nc2ccc(-c3cnco3)cc2[nH]1. The van der Waals surface area contributed by atoms with E-state index in [1.165, 1.54) is 6.39 Å². The quantitative estimate of drug-likeness (QED) is 0.753. The molecule has 2 aromatic heterocycles. The molecule has 5 nitrogen and oxygen atoms in total. The summed E-state index contributed by atoms with van der Waals surface area (Å²) in [7, 11) is 0. The van der Waals surface area contributed by atoms with Crippen LogP contribution in [-0.2, 0) is 0 Å². The highest BCUT2D eigenvalue weighted by Gasteiger charge is 2.16. The van der Waals surface area contributed by atoms with Gasteiger partial charge in [-0.1, -0.05) is 13.8 Å². The van der Waals surface area contributed by atoms with Crippen LogP contribution in [0.15, 0.2) is 35.2 Å². The molecule has 0 amide bonds. The van der Waals surface area contributed by atoms with Crippen LogP contribution >= 0.6 is 0 Å². The van der Waals surface area contributed by atoms with Crippen LogP contribution in [0.5, 0.6) is 0 Å². The van der Waals surface area contributed by atoms with E-state index in [4.69, 9.17) is 10.2 Å². The van der Waals surface area contributed by atoms with Gasteiger partial charge >= 0.3 is 0 Å². The van der Waals surface area contributed by atoms with Crippen molar-refractivity contribution >= 4 is 11.0 Å². The summed E-state index contributed by atoms with van der Waals surface area (Å²) in [5.41, 5.74) is 8.84. The Kier molecular flexibility index (Phi) is 3.75. The highest BCUT2D eigenvalue weighted by Crippen LogP contribution is 2.26. The van der Waals surface area contributed by atoms with Gasteiger partial charge in [-0.15, -0.1) is 0 Å². The number of aromatic nitrogens is 3. The van der Waals surface area contributed by atoms with Crippen molar-refractivity contribution < 1.29 is 4.42 Å². The monoisotopic (exact) mass is 284 g/mol. The first kappa shape index (κ1) is 13.8. The Bertz CT molecular complexity index is 715. The van der Waals surface area contributed by atoms with Crippen molar-refractivity contribution in [1.29, 1.82) is 0 Å². The minimum Gasteiger partial charge on any atom is -0.444 e. The number of benzene rings is 1. The van der Waals surface area contributed by atoms with Gasteiger partial charge in [0.05, 0.1) is 17.2 Å². The molecule has 0 saturated heterocycles. The predicted octanol–water partition coefficient (Wildman–Crippen LogP) is 3.31. The summed E-state index contributed by atoms with van der Waals surface area (Å²) in [6.45, 7) is 5.01. The van der Waals surface area contributed by atoms with E-state index in [1.54, 1.807) is 6.20 Å². The molecule has 3 rings (SSSR count). The molecule has 3 aromatic rings. The molecule has 0 bridgehead atoms. The fourth-order valence-electron chi connectivity index (χ4n) is 2.62. The van der Waals surface area contributed by atoms with E-state index in [0.29, 0.717) is 12.5 Å². The number of H-pyrrole nitrogens is 1. The molecular formula is C16H20N4O. The summed E-state index contributed by atoms with van der Waals surface area (Å²) in [5.74, 6) is 2.59. The third-order valence-electron chi connectivity index (χ3n) is 3.64. The van der Waals surface area contributed by atoms with Crippen molar-refractivity contribution in [2.45, 2.75) is 26.2 Å². The van der Waals surface area contributed by atoms with Gasteiger partial charge in [-0.25, -0.2) is 9.97 Å². The second-order valence-corrected chi connectivity index (χ2v) is 5.78. The van der Waals surface area contributed by atoms with E-state index >= 15 is 0 Å². The Morgan fingerprint density at radius 3 is 2.86 bits per heavy atom. The molecule has 3 N–H and O–H groups in total. The maximum atomic E-state index is 5.90. The van der Waals surface area contributed by atoms with Gasteiger partial charge in [-0.2, -0.15) is 0 Å². The third-order valence-corrected chi connectivity index (χ3v) is 3.64. The molecule has 0 aliphatic heterocycles. The Labute approximate surface area is 123 Å². The van der Waals surface area contributed by atoms with Gasteiger partial charge in [0.1, 0.15) is 5.82 Å². The average Bonchev–Trinajstić information content (AvgIpc) is 3.12. The third kappa shape index (κ3) is 2.83. The van der Waals surface area contributed by atoms with E-state index in [1.807, 2.05) is 18.2 Å². The lowest BCUT2D eigenvalue weighted by Crippen LogP contribution is -2.15. The Hall–Kier alpha value is -2.14. The zero-order valence-electron chi connectivity index (χ0n) is 12.3. The van der Waals surface area contributed by atoms with Crippen LogP contribution in [0.3, 0.4) is 0 Å². The Morgan fingerprint density at radius 2 is 2.19 bits per heavy atom. The van der Waals surface area contributed by atoms with E-state index in [0.717, 1.165) is 34.6 Å². The van der Waals surface area contributed by atoms with Gasteiger partial charge < -0.3 is 15.1 Å². The van der Waals surface area contributed by atoms with Crippen LogP contribution in [0, 0.1) is 5.92 Å². The second kappa shape index (κ2) is 5.69. The highest BCUT2D eigenvalue weighted by molar-refractivity contribution is 5.80. The van der Waals surface area contributed by atoms with E-state index in [2.05, 4.69) is 28.8 Å². The summed E-state index contributed by atoms with van der Waals surface area (Å²) in [6, 6.07) is 6.03. The van der Waals surface area contributed by atoms with Crippen LogP contribution in [0.2, 0.25) is 0 Å². The molecule has 0 aliphatic carbocycles. The molecule has 2 heterocycles. The summed E-state index contributed by atoms with van der Waals surface area (Å²) in [4.78, 5) is 12.0. The topological polar surface area (TPSA) is 80.7 Å². The number of fused-ring (bicyclic) bond motifs is 1. The van der Waals surface area contributed by atoms with Crippen molar-refractivity contribution in [2.24, 2.45) is 11.7 Å². The van der Waals surface area contributed by atoms with Gasteiger partial charge in [0, 0.05) is 18.0 Å². The van der Waals surface area contributed by atoms with Gasteiger partial charge in [-0.3, -0.25) is 0 Å². The molecule has 0 aliphatic rings. The fraction of sp³-hybridized carbons (Fsp3) is 0.375. The lowest BCUT2D eigenvalue weighted by molar-refractivity contribution is 0.491. The van der Waals surface area contributed by atoms with Crippen LogP contribution < -0.4 is 5.73 Å². The zero-order chi connectivity index (χ0) is 14.8. The largest absolute Gasteiger partial charge is 0.444 e. The summed E-state index contributed by atoms with van der Waals surface area (Å²) in [6.07, 6.45) is 4.18. The first-order valence-electron chi connectivity index (χ1n) is 7.26. The zero-order valence-corrected chi connectivity index (χ0v) is 12.3. The number of rotatable bonds is 5. The molecular weight excluding hydrogens is 264 g/mol. The summed E-state index contributed by atoms with van der Waals surface area (Å²) in [5, 5.41) is 0. The molecule has 0 saturated carbocycles. The molecule has 5 heteroatoms. The van der Waals surface area contributed by atoms with Crippen molar-refractivity contribution in [1.82, 2.24) is 15.0 Å². The normalized spacial score (nSPS) is 13.1. The second-order valence-electron chi connectivity index (χ2n) is 5.78. The number of imidazole rings is 1. The number of aromatic amines is 1. The van der Waals surface area contributed by atoms with Gasteiger partial charge in [-0.05, 0) is 30.5 Å². The van der Waals surface area contributed by atoms with Crippen molar-refractivity contribution in [3.63, 3.8) is 0 Å². The standard InChI is InChI=1S/C16H20N4O/c1-10(2)5-12(7-17)16-19-13-4-3-11(6-14(13)20-16)15-8-18-9-21-15/h3-4,6,8-10,12H,5,7,17H2,1-2H3,(H,19,20). The predicted molar refractivity (Wildman–Crippen MR) is 82.8 cm³/mol. The average molecular weight is 284 g/mol. The van der Waals surface area contributed by atoms with Gasteiger partial charge in [0.2, 0.25) is 0 Å². The van der Waals surface area contributed by atoms with Crippen molar-refractivity contribution in [3.05, 3.63) is 36.6 Å². The number of hydrogen-bond acceptors (Lipinski definition) is 4. The Morgan fingerprint density at radius 1 is 1.33 bits per heavy atom. The van der Waals surface area contributed by atoms with E-state index < -0.39 is 0 Å². The smallest absolute Gasteiger partial charge is 0.181 e. The number of hydrogen-bond donors (Lipinski definition) is 2. The number of nitrogens with zero attached hydrogens (tertiary/aromatic N) is 2. The molecule has 1 aromatic carbocycles. The van der Waals surface area contributed by atoms with Gasteiger partial charge in [0.25, 0.3) is 0 Å². The van der Waals surface area contributed by atoms with Crippen LogP contribution in [0.1, 0.15) is 32.0 Å². The number of oxazole rings is 1. The van der Waals surface area contributed by atoms with Crippen LogP contribution in [0.4, 0.5) is 0 Å². The summed E-state index contributed by atoms with van der Waals surface area (Å²) >= 11 is 0. The fourth-order valence-corrected chi connectivity index (χ4v) is 2.62. The first-order valence-corrected chi connectivity index (χ1v) is 7.26. The Balaban J connectivity index is 1.96. The molecule has 110 valence electrons. The number of nitrogens with two attached hydrogens (primary N) is 1. The molecule has 21 heavy (non-hydrogen) atoms. The minimum absolute atomic E-state index is 0.270. The van der Waals surface area contributed by atoms with Crippen LogP contribution in [0.25, 0.3) is 22.4 Å². The highest BCUT2D eigenvalue weighted by atomic mass is 16.3. The van der Waals surface area contributed by atoms with Crippen LogP contribution in [-0.4, -0.2) is 21.5 Å². The van der Waals surface area contributed by atoms with Crippen molar-refractivity contribution in [3.8, 4) is 11.3 Å². The lowest BCUT2D eigenvalue weighted by atomic mass is 9.97. The number of nitrogens with one attached hydrogen (secondary N) is 1. The molecule has 1 atom stereocenters. The van der Waals surface area contributed by atoms with Crippen molar-refractivity contribution in [2.75, 3.05) is 6.54 Å². The molecule has 1 unspecified atom stereocenters. The first-order chi connectivity index (χ1) is 10.2. The minimum atomic E-state index is 0.270. The van der Waals surface area contributed by atoms with E-state index in [9.17, 15) is 0 Å². The van der Waals surface area contributed by atoms with Gasteiger partial charge in [0.15, 0.2) is 12.2 Å². The maximum absolute atomic E-state index is 5.90. The van der Waals surface area contributed by atoms with E-state index in [-0.39, 0.29) is 5.92 Å².